The Morgan fingerprint density at radius 2 is 1.74 bits per heavy atom. The highest BCUT2D eigenvalue weighted by molar-refractivity contribution is 6.63. The van der Waals surface area contributed by atoms with Crippen LogP contribution in [0.5, 0.6) is 5.75 Å². The van der Waals surface area contributed by atoms with Crippen LogP contribution in [0.3, 0.4) is 0 Å². The molecule has 0 aromatic heterocycles. The van der Waals surface area contributed by atoms with Gasteiger partial charge in [-0.2, -0.15) is 0 Å². The van der Waals surface area contributed by atoms with E-state index in [-0.39, 0.29) is 5.75 Å². The summed E-state index contributed by atoms with van der Waals surface area (Å²) in [6.07, 6.45) is 0. The summed E-state index contributed by atoms with van der Waals surface area (Å²) < 4.78 is 16.9. The molecule has 1 aliphatic heterocycles. The Balaban J connectivity index is 2.25. The first kappa shape index (κ1) is 14.4. The average molecular weight is 264 g/mol. The highest BCUT2D eigenvalue weighted by Gasteiger charge is 2.52. The minimum Gasteiger partial charge on any atom is -0.508 e. The molecule has 1 fully saturated rings. The van der Waals surface area contributed by atoms with Gasteiger partial charge in [-0.1, -0.05) is 12.1 Å². The largest absolute Gasteiger partial charge is 0.508 e. The molecule has 1 N–H and O–H groups in total. The van der Waals surface area contributed by atoms with Crippen molar-refractivity contribution in [1.29, 1.82) is 0 Å². The summed E-state index contributed by atoms with van der Waals surface area (Å²) in [7, 11) is 1.08. The second-order valence-electron chi connectivity index (χ2n) is 5.91. The van der Waals surface area contributed by atoms with E-state index < -0.39 is 18.3 Å². The van der Waals surface area contributed by atoms with Gasteiger partial charge in [0.15, 0.2) is 0 Å². The zero-order valence-corrected chi connectivity index (χ0v) is 12.2. The highest BCUT2D eigenvalue weighted by Crippen LogP contribution is 2.37. The van der Waals surface area contributed by atoms with Gasteiger partial charge < -0.3 is 19.2 Å². The standard InChI is InChI=1S/C14H21BO4/c1-13(2)14(3,4)19-15(18-13)11-7-6-10(9-17-5)8-12(11)16/h6-8,16H,9H2,1-5H3. The third-order valence-electron chi connectivity index (χ3n) is 3.91. The summed E-state index contributed by atoms with van der Waals surface area (Å²) in [4.78, 5) is 0. The van der Waals surface area contributed by atoms with E-state index in [1.54, 1.807) is 13.2 Å². The molecular formula is C14H21BO4. The minimum atomic E-state index is -0.540. The minimum absolute atomic E-state index is 0.174. The predicted octanol–water partition coefficient (Wildman–Crippen LogP) is 1.84. The second-order valence-corrected chi connectivity index (χ2v) is 5.91. The summed E-state index contributed by atoms with van der Waals surface area (Å²) in [5.41, 5.74) is 0.753. The Bertz CT molecular complexity index is 455. The zero-order valence-electron chi connectivity index (χ0n) is 12.2. The lowest BCUT2D eigenvalue weighted by Crippen LogP contribution is -2.41. The molecule has 104 valence electrons. The lowest BCUT2D eigenvalue weighted by molar-refractivity contribution is 0.00578. The van der Waals surface area contributed by atoms with Gasteiger partial charge in [0, 0.05) is 12.6 Å². The maximum absolute atomic E-state index is 10.1. The maximum Gasteiger partial charge on any atom is 0.498 e. The van der Waals surface area contributed by atoms with Crippen molar-refractivity contribution in [3.63, 3.8) is 0 Å². The first-order valence-corrected chi connectivity index (χ1v) is 6.43. The molecule has 1 aromatic carbocycles. The van der Waals surface area contributed by atoms with Crippen LogP contribution in [-0.2, 0) is 20.7 Å². The van der Waals surface area contributed by atoms with Crippen molar-refractivity contribution >= 4 is 12.6 Å². The van der Waals surface area contributed by atoms with Crippen LogP contribution in [-0.4, -0.2) is 30.5 Å². The first-order valence-electron chi connectivity index (χ1n) is 6.43. The molecule has 19 heavy (non-hydrogen) atoms. The van der Waals surface area contributed by atoms with E-state index in [1.807, 2.05) is 39.8 Å². The lowest BCUT2D eigenvalue weighted by Gasteiger charge is -2.32. The molecule has 0 amide bonds. The van der Waals surface area contributed by atoms with Crippen LogP contribution in [0.2, 0.25) is 0 Å². The van der Waals surface area contributed by atoms with Crippen molar-refractivity contribution in [3.05, 3.63) is 23.8 Å². The van der Waals surface area contributed by atoms with Gasteiger partial charge in [0.2, 0.25) is 0 Å². The third kappa shape index (κ3) is 2.64. The van der Waals surface area contributed by atoms with Crippen molar-refractivity contribution < 1.29 is 19.2 Å². The molecule has 1 aliphatic rings. The highest BCUT2D eigenvalue weighted by atomic mass is 16.7. The molecule has 0 saturated carbocycles. The molecule has 0 spiro atoms. The van der Waals surface area contributed by atoms with Gasteiger partial charge in [-0.15, -0.1) is 0 Å². The molecule has 0 unspecified atom stereocenters. The Morgan fingerprint density at radius 3 is 2.21 bits per heavy atom. The summed E-state index contributed by atoms with van der Waals surface area (Å²) in [5.74, 6) is 0.174. The Morgan fingerprint density at radius 1 is 1.16 bits per heavy atom. The molecule has 1 heterocycles. The van der Waals surface area contributed by atoms with Crippen molar-refractivity contribution in [3.8, 4) is 5.75 Å². The van der Waals surface area contributed by atoms with Gasteiger partial charge in [-0.3, -0.25) is 0 Å². The molecule has 0 radical (unpaired) electrons. The van der Waals surface area contributed by atoms with Gasteiger partial charge >= 0.3 is 7.12 Å². The molecule has 4 nitrogen and oxygen atoms in total. The molecule has 0 atom stereocenters. The van der Waals surface area contributed by atoms with Gasteiger partial charge in [0.25, 0.3) is 0 Å². The third-order valence-corrected chi connectivity index (χ3v) is 3.91. The van der Waals surface area contributed by atoms with Crippen molar-refractivity contribution in [2.45, 2.75) is 45.5 Å². The topological polar surface area (TPSA) is 47.9 Å². The van der Waals surface area contributed by atoms with Crippen LogP contribution < -0.4 is 5.46 Å². The molecule has 1 aromatic rings. The molecule has 5 heteroatoms. The fraction of sp³-hybridized carbons (Fsp3) is 0.571. The number of aromatic hydroxyl groups is 1. The number of rotatable bonds is 3. The Labute approximate surface area is 114 Å². The maximum atomic E-state index is 10.1. The molecule has 0 aliphatic carbocycles. The average Bonchev–Trinajstić information content (AvgIpc) is 2.48. The van der Waals surface area contributed by atoms with Crippen LogP contribution in [0, 0.1) is 0 Å². The van der Waals surface area contributed by atoms with Crippen LogP contribution in [0.25, 0.3) is 0 Å². The first-order chi connectivity index (χ1) is 8.77. The number of phenolic OH excluding ortho intramolecular Hbond substituents is 1. The fourth-order valence-electron chi connectivity index (χ4n) is 2.02. The Hall–Kier alpha value is -1.04. The van der Waals surface area contributed by atoms with Gasteiger partial charge in [-0.25, -0.2) is 0 Å². The van der Waals surface area contributed by atoms with E-state index in [0.717, 1.165) is 5.56 Å². The monoisotopic (exact) mass is 264 g/mol. The molecule has 2 rings (SSSR count). The normalized spacial score (nSPS) is 20.8. The molecule has 1 saturated heterocycles. The van der Waals surface area contributed by atoms with E-state index in [1.165, 1.54) is 0 Å². The van der Waals surface area contributed by atoms with Gasteiger partial charge in [-0.05, 0) is 39.3 Å². The van der Waals surface area contributed by atoms with Crippen LogP contribution in [0.1, 0.15) is 33.3 Å². The van der Waals surface area contributed by atoms with Gasteiger partial charge in [0.05, 0.1) is 17.8 Å². The van der Waals surface area contributed by atoms with Crippen LogP contribution in [0.15, 0.2) is 18.2 Å². The van der Waals surface area contributed by atoms with E-state index in [4.69, 9.17) is 14.0 Å². The molecular weight excluding hydrogens is 243 g/mol. The van der Waals surface area contributed by atoms with Gasteiger partial charge in [0.1, 0.15) is 5.75 Å². The van der Waals surface area contributed by atoms with Crippen LogP contribution >= 0.6 is 0 Å². The summed E-state index contributed by atoms with van der Waals surface area (Å²) >= 11 is 0. The second kappa shape index (κ2) is 4.82. The van der Waals surface area contributed by atoms with E-state index in [9.17, 15) is 5.11 Å². The van der Waals surface area contributed by atoms with Crippen LogP contribution in [0.4, 0.5) is 0 Å². The fourth-order valence-corrected chi connectivity index (χ4v) is 2.02. The smallest absolute Gasteiger partial charge is 0.498 e. The zero-order chi connectivity index (χ0) is 14.3. The van der Waals surface area contributed by atoms with E-state index in [2.05, 4.69) is 0 Å². The lowest BCUT2D eigenvalue weighted by atomic mass is 9.78. The number of benzene rings is 1. The van der Waals surface area contributed by atoms with Crippen molar-refractivity contribution in [2.24, 2.45) is 0 Å². The van der Waals surface area contributed by atoms with E-state index in [0.29, 0.717) is 12.1 Å². The van der Waals surface area contributed by atoms with Crippen molar-refractivity contribution in [2.75, 3.05) is 7.11 Å². The number of hydrogen-bond donors (Lipinski definition) is 1. The Kier molecular flexibility index (Phi) is 3.64. The molecule has 0 bridgehead atoms. The summed E-state index contributed by atoms with van der Waals surface area (Å²) in [6.45, 7) is 8.43. The number of hydrogen-bond acceptors (Lipinski definition) is 4. The number of methoxy groups -OCH3 is 1. The predicted molar refractivity (Wildman–Crippen MR) is 74.5 cm³/mol. The number of ether oxygens (including phenoxy) is 1. The quantitative estimate of drug-likeness (QED) is 0.846. The summed E-state index contributed by atoms with van der Waals surface area (Å²) in [5, 5.41) is 10.1. The van der Waals surface area contributed by atoms with E-state index >= 15 is 0 Å². The summed E-state index contributed by atoms with van der Waals surface area (Å²) in [6, 6.07) is 5.42. The van der Waals surface area contributed by atoms with Crippen molar-refractivity contribution in [1.82, 2.24) is 0 Å². The number of phenols is 1. The SMILES string of the molecule is COCc1ccc(B2OC(C)(C)C(C)(C)O2)c(O)c1.